The lowest BCUT2D eigenvalue weighted by Crippen LogP contribution is -2.26. The molecule has 0 unspecified atom stereocenters. The molecule has 0 spiro atoms. The molecule has 0 bridgehead atoms. The molecule has 3 heterocycles. The number of nitrogens with one attached hydrogen (secondary N) is 1. The van der Waals surface area contributed by atoms with E-state index in [1.165, 1.54) is 12.8 Å². The summed E-state index contributed by atoms with van der Waals surface area (Å²) in [5, 5.41) is 2.74. The van der Waals surface area contributed by atoms with E-state index >= 15 is 0 Å². The van der Waals surface area contributed by atoms with Crippen LogP contribution in [0.4, 0.5) is 0 Å². The Kier molecular flexibility index (Phi) is 3.75. The van der Waals surface area contributed by atoms with Crippen molar-refractivity contribution in [1.29, 1.82) is 0 Å². The second kappa shape index (κ2) is 5.91. The van der Waals surface area contributed by atoms with E-state index in [2.05, 4.69) is 16.8 Å². The Morgan fingerprint density at radius 1 is 1.22 bits per heavy atom. The van der Waals surface area contributed by atoms with Gasteiger partial charge in [0.1, 0.15) is 10.7 Å². The highest BCUT2D eigenvalue weighted by Crippen LogP contribution is 2.31. The van der Waals surface area contributed by atoms with Gasteiger partial charge in [-0.15, -0.1) is 11.3 Å². The van der Waals surface area contributed by atoms with Crippen LogP contribution in [0.15, 0.2) is 40.5 Å². The number of fused-ring (bicyclic) bond motifs is 1. The SMILES string of the molecule is C[C@H](c1nc2scc(-c3ccccc3)c2c(=O)[nH]1)N1CCCC1. The van der Waals surface area contributed by atoms with Gasteiger partial charge in [-0.25, -0.2) is 4.98 Å². The molecule has 1 aromatic carbocycles. The highest BCUT2D eigenvalue weighted by atomic mass is 32.1. The molecular formula is C18H19N3OS. The quantitative estimate of drug-likeness (QED) is 0.796. The molecule has 0 radical (unpaired) electrons. The largest absolute Gasteiger partial charge is 0.309 e. The topological polar surface area (TPSA) is 49.0 Å². The lowest BCUT2D eigenvalue weighted by molar-refractivity contribution is 0.253. The minimum Gasteiger partial charge on any atom is -0.309 e. The molecule has 4 rings (SSSR count). The van der Waals surface area contributed by atoms with Crippen molar-refractivity contribution >= 4 is 21.6 Å². The lowest BCUT2D eigenvalue weighted by atomic mass is 10.1. The maximum atomic E-state index is 12.7. The Morgan fingerprint density at radius 2 is 1.96 bits per heavy atom. The number of aromatic nitrogens is 2. The van der Waals surface area contributed by atoms with Crippen LogP contribution in [0.1, 0.15) is 31.6 Å². The summed E-state index contributed by atoms with van der Waals surface area (Å²) in [6, 6.07) is 10.2. The molecule has 0 aliphatic carbocycles. The molecule has 1 aliphatic rings. The minimum absolute atomic E-state index is 0.0313. The first-order valence-electron chi connectivity index (χ1n) is 8.05. The van der Waals surface area contributed by atoms with E-state index in [4.69, 9.17) is 4.98 Å². The average molecular weight is 325 g/mol. The number of H-pyrrole nitrogens is 1. The first-order valence-corrected chi connectivity index (χ1v) is 8.93. The summed E-state index contributed by atoms with van der Waals surface area (Å²) < 4.78 is 0. The van der Waals surface area contributed by atoms with E-state index < -0.39 is 0 Å². The first kappa shape index (κ1) is 14.6. The van der Waals surface area contributed by atoms with Crippen molar-refractivity contribution in [3.05, 3.63) is 51.9 Å². The van der Waals surface area contributed by atoms with Crippen molar-refractivity contribution in [2.45, 2.75) is 25.8 Å². The summed E-state index contributed by atoms with van der Waals surface area (Å²) in [4.78, 5) is 23.6. The number of hydrogen-bond donors (Lipinski definition) is 1. The number of rotatable bonds is 3. The third-order valence-corrected chi connectivity index (χ3v) is 5.50. The molecule has 1 atom stereocenters. The Bertz CT molecular complexity index is 878. The van der Waals surface area contributed by atoms with Crippen molar-refractivity contribution < 1.29 is 0 Å². The van der Waals surface area contributed by atoms with E-state index in [-0.39, 0.29) is 11.6 Å². The van der Waals surface area contributed by atoms with Gasteiger partial charge in [-0.05, 0) is 38.4 Å². The molecular weight excluding hydrogens is 306 g/mol. The van der Waals surface area contributed by atoms with E-state index in [1.54, 1.807) is 11.3 Å². The number of aromatic amines is 1. The smallest absolute Gasteiger partial charge is 0.260 e. The molecule has 0 saturated carbocycles. The van der Waals surface area contributed by atoms with Gasteiger partial charge in [0.25, 0.3) is 5.56 Å². The summed E-state index contributed by atoms with van der Waals surface area (Å²) in [7, 11) is 0. The third-order valence-electron chi connectivity index (χ3n) is 4.63. The normalized spacial score (nSPS) is 16.9. The van der Waals surface area contributed by atoms with Crippen LogP contribution in [-0.4, -0.2) is 28.0 Å². The van der Waals surface area contributed by atoms with Crippen LogP contribution < -0.4 is 5.56 Å². The molecule has 0 amide bonds. The van der Waals surface area contributed by atoms with Crippen LogP contribution in [0.3, 0.4) is 0 Å². The molecule has 3 aromatic rings. The molecule has 1 N–H and O–H groups in total. The molecule has 118 valence electrons. The third kappa shape index (κ3) is 2.60. The fourth-order valence-electron chi connectivity index (χ4n) is 3.30. The van der Waals surface area contributed by atoms with Crippen molar-refractivity contribution in [2.75, 3.05) is 13.1 Å². The first-order chi connectivity index (χ1) is 11.2. The summed E-state index contributed by atoms with van der Waals surface area (Å²) in [6.07, 6.45) is 2.46. The monoisotopic (exact) mass is 325 g/mol. The molecule has 1 fully saturated rings. The standard InChI is InChI=1S/C18H19N3OS/c1-12(21-9-5-6-10-21)16-19-17(22)15-14(11-23-18(15)20-16)13-7-3-2-4-8-13/h2-4,7-8,11-12H,5-6,9-10H2,1H3,(H,19,20,22)/t12-/m1/s1. The summed E-state index contributed by atoms with van der Waals surface area (Å²) >= 11 is 1.55. The average Bonchev–Trinajstić information content (AvgIpc) is 3.24. The van der Waals surface area contributed by atoms with Crippen molar-refractivity contribution in [2.24, 2.45) is 0 Å². The van der Waals surface area contributed by atoms with E-state index in [0.717, 1.165) is 34.9 Å². The number of thiophene rings is 1. The molecule has 23 heavy (non-hydrogen) atoms. The fraction of sp³-hybridized carbons (Fsp3) is 0.333. The molecule has 1 aliphatic heterocycles. The van der Waals surface area contributed by atoms with Crippen LogP contribution in [0, 0.1) is 0 Å². The second-order valence-electron chi connectivity index (χ2n) is 6.07. The molecule has 2 aromatic heterocycles. The highest BCUT2D eigenvalue weighted by molar-refractivity contribution is 7.17. The van der Waals surface area contributed by atoms with Gasteiger partial charge in [0, 0.05) is 10.9 Å². The number of nitrogens with zero attached hydrogens (tertiary/aromatic N) is 2. The Hall–Kier alpha value is -1.98. The number of benzene rings is 1. The van der Waals surface area contributed by atoms with Crippen molar-refractivity contribution in [3.8, 4) is 11.1 Å². The van der Waals surface area contributed by atoms with Crippen LogP contribution in [0.2, 0.25) is 0 Å². The highest BCUT2D eigenvalue weighted by Gasteiger charge is 2.22. The predicted molar refractivity (Wildman–Crippen MR) is 94.9 cm³/mol. The fourth-order valence-corrected chi connectivity index (χ4v) is 4.25. The zero-order valence-electron chi connectivity index (χ0n) is 13.1. The Morgan fingerprint density at radius 3 is 2.70 bits per heavy atom. The summed E-state index contributed by atoms with van der Waals surface area (Å²) in [5.74, 6) is 0.783. The van der Waals surface area contributed by atoms with Crippen molar-refractivity contribution in [1.82, 2.24) is 14.9 Å². The van der Waals surface area contributed by atoms with Crippen LogP contribution in [0.25, 0.3) is 21.3 Å². The zero-order valence-corrected chi connectivity index (χ0v) is 13.9. The maximum Gasteiger partial charge on any atom is 0.260 e. The molecule has 1 saturated heterocycles. The van der Waals surface area contributed by atoms with Gasteiger partial charge < -0.3 is 4.98 Å². The van der Waals surface area contributed by atoms with Gasteiger partial charge >= 0.3 is 0 Å². The van der Waals surface area contributed by atoms with Gasteiger partial charge in [-0.2, -0.15) is 0 Å². The van der Waals surface area contributed by atoms with E-state index in [9.17, 15) is 4.79 Å². The maximum absolute atomic E-state index is 12.7. The molecule has 5 heteroatoms. The van der Waals surface area contributed by atoms with E-state index in [0.29, 0.717) is 5.39 Å². The Labute approximate surface area is 138 Å². The Balaban J connectivity index is 1.79. The predicted octanol–water partition coefficient (Wildman–Crippen LogP) is 3.81. The van der Waals surface area contributed by atoms with Gasteiger partial charge in [-0.1, -0.05) is 30.3 Å². The number of likely N-dealkylation sites (tertiary alicyclic amines) is 1. The van der Waals surface area contributed by atoms with E-state index in [1.807, 2.05) is 35.7 Å². The van der Waals surface area contributed by atoms with Gasteiger partial charge in [-0.3, -0.25) is 9.69 Å². The van der Waals surface area contributed by atoms with Crippen LogP contribution >= 0.6 is 11.3 Å². The van der Waals surface area contributed by atoms with Gasteiger partial charge in [0.05, 0.1) is 11.4 Å². The zero-order chi connectivity index (χ0) is 15.8. The lowest BCUT2D eigenvalue weighted by Gasteiger charge is -2.22. The second-order valence-corrected chi connectivity index (χ2v) is 6.92. The van der Waals surface area contributed by atoms with Crippen LogP contribution in [-0.2, 0) is 0 Å². The minimum atomic E-state index is -0.0313. The van der Waals surface area contributed by atoms with Gasteiger partial charge in [0.2, 0.25) is 0 Å². The molecule has 4 nitrogen and oxygen atoms in total. The number of hydrogen-bond acceptors (Lipinski definition) is 4. The van der Waals surface area contributed by atoms with Crippen molar-refractivity contribution in [3.63, 3.8) is 0 Å². The summed E-state index contributed by atoms with van der Waals surface area (Å²) in [6.45, 7) is 4.30. The van der Waals surface area contributed by atoms with Crippen LogP contribution in [0.5, 0.6) is 0 Å². The summed E-state index contributed by atoms with van der Waals surface area (Å²) in [5.41, 5.74) is 2.00. The van der Waals surface area contributed by atoms with Gasteiger partial charge in [0.15, 0.2) is 0 Å².